The number of hydrogen-bond acceptors (Lipinski definition) is 3. The third-order valence-electron chi connectivity index (χ3n) is 4.64. The van der Waals surface area contributed by atoms with E-state index in [1.54, 1.807) is 0 Å². The summed E-state index contributed by atoms with van der Waals surface area (Å²) < 4.78 is 0. The summed E-state index contributed by atoms with van der Waals surface area (Å²) in [6, 6.07) is 6.16. The molecule has 116 valence electrons. The molecule has 1 aromatic carbocycles. The minimum Gasteiger partial charge on any atom is -0.354 e. The molecule has 0 spiro atoms. The highest BCUT2D eigenvalue weighted by atomic mass is 16.2. The molecule has 3 N–H and O–H groups in total. The number of aryl methyl sites for hydroxylation is 1. The molecule has 0 bridgehead atoms. The van der Waals surface area contributed by atoms with Crippen molar-refractivity contribution >= 4 is 11.6 Å². The molecule has 4 nitrogen and oxygen atoms in total. The maximum absolute atomic E-state index is 12.3. The molecule has 0 radical (unpaired) electrons. The summed E-state index contributed by atoms with van der Waals surface area (Å²) in [4.78, 5) is 14.5. The van der Waals surface area contributed by atoms with Crippen molar-refractivity contribution in [3.63, 3.8) is 0 Å². The first-order valence-corrected chi connectivity index (χ1v) is 7.72. The van der Waals surface area contributed by atoms with Crippen molar-refractivity contribution in [2.24, 2.45) is 5.84 Å². The van der Waals surface area contributed by atoms with E-state index in [0.717, 1.165) is 12.8 Å². The standard InChI is InChI=1S/C17H27N3O/c1-6-14(16(21)19-18)20-15-11(2)8-7-9-13(15)12(3)10-17(20,4)5/h7-9,12,14H,6,10,18H2,1-5H3,(H,19,21). The van der Waals surface area contributed by atoms with Gasteiger partial charge >= 0.3 is 0 Å². The van der Waals surface area contributed by atoms with E-state index in [1.807, 2.05) is 6.92 Å². The van der Waals surface area contributed by atoms with Crippen LogP contribution in [0.15, 0.2) is 18.2 Å². The van der Waals surface area contributed by atoms with Crippen LogP contribution >= 0.6 is 0 Å². The number of rotatable bonds is 3. The van der Waals surface area contributed by atoms with Crippen LogP contribution in [0.25, 0.3) is 0 Å². The van der Waals surface area contributed by atoms with E-state index in [-0.39, 0.29) is 17.5 Å². The number of anilines is 1. The second-order valence-electron chi connectivity index (χ2n) is 6.73. The third kappa shape index (κ3) is 2.64. The average molecular weight is 289 g/mol. The Balaban J connectivity index is 2.62. The van der Waals surface area contributed by atoms with Crippen molar-refractivity contribution in [2.45, 2.75) is 65.0 Å². The summed E-state index contributed by atoms with van der Waals surface area (Å²) in [5.74, 6) is 5.78. The topological polar surface area (TPSA) is 58.4 Å². The van der Waals surface area contributed by atoms with Crippen molar-refractivity contribution in [1.82, 2.24) is 5.43 Å². The first-order chi connectivity index (χ1) is 9.83. The number of para-hydroxylation sites is 1. The van der Waals surface area contributed by atoms with Crippen LogP contribution in [0.5, 0.6) is 0 Å². The zero-order chi connectivity index (χ0) is 15.8. The fourth-order valence-electron chi connectivity index (χ4n) is 3.83. The van der Waals surface area contributed by atoms with Crippen LogP contribution in [-0.4, -0.2) is 17.5 Å². The van der Waals surface area contributed by atoms with Crippen LogP contribution < -0.4 is 16.2 Å². The van der Waals surface area contributed by atoms with E-state index in [1.165, 1.54) is 16.8 Å². The van der Waals surface area contributed by atoms with Crippen LogP contribution in [0.3, 0.4) is 0 Å². The highest BCUT2D eigenvalue weighted by Crippen LogP contribution is 2.46. The molecule has 1 amide bonds. The smallest absolute Gasteiger partial charge is 0.256 e. The molecule has 1 aliphatic rings. The molecule has 0 fully saturated rings. The van der Waals surface area contributed by atoms with Crippen molar-refractivity contribution in [3.8, 4) is 0 Å². The molecule has 0 saturated carbocycles. The molecule has 2 rings (SSSR count). The van der Waals surface area contributed by atoms with E-state index in [0.29, 0.717) is 5.92 Å². The average Bonchev–Trinajstić information content (AvgIpc) is 2.42. The van der Waals surface area contributed by atoms with E-state index >= 15 is 0 Å². The van der Waals surface area contributed by atoms with Crippen molar-refractivity contribution in [2.75, 3.05) is 4.90 Å². The first kappa shape index (κ1) is 15.8. The fourth-order valence-corrected chi connectivity index (χ4v) is 3.83. The lowest BCUT2D eigenvalue weighted by Crippen LogP contribution is -2.59. The minimum absolute atomic E-state index is 0.0777. The monoisotopic (exact) mass is 289 g/mol. The number of amides is 1. The summed E-state index contributed by atoms with van der Waals surface area (Å²) in [6.07, 6.45) is 1.76. The Labute approximate surface area is 127 Å². The van der Waals surface area contributed by atoms with Gasteiger partial charge < -0.3 is 4.90 Å². The van der Waals surface area contributed by atoms with Gasteiger partial charge in [0, 0.05) is 11.2 Å². The lowest BCUT2D eigenvalue weighted by atomic mass is 9.78. The van der Waals surface area contributed by atoms with Gasteiger partial charge in [-0.3, -0.25) is 10.2 Å². The Morgan fingerprint density at radius 3 is 2.76 bits per heavy atom. The number of carbonyl (C=O) groups excluding carboxylic acids is 1. The van der Waals surface area contributed by atoms with Crippen LogP contribution in [-0.2, 0) is 4.79 Å². The molecule has 2 unspecified atom stereocenters. The number of nitrogens with zero attached hydrogens (tertiary/aromatic N) is 1. The van der Waals surface area contributed by atoms with Gasteiger partial charge in [0.15, 0.2) is 0 Å². The fraction of sp³-hybridized carbons (Fsp3) is 0.588. The molecule has 1 heterocycles. The van der Waals surface area contributed by atoms with Gasteiger partial charge in [-0.2, -0.15) is 0 Å². The van der Waals surface area contributed by atoms with Crippen LogP contribution in [0.4, 0.5) is 5.69 Å². The molecule has 2 atom stereocenters. The number of nitrogens with one attached hydrogen (secondary N) is 1. The molecule has 4 heteroatoms. The van der Waals surface area contributed by atoms with Crippen molar-refractivity contribution in [1.29, 1.82) is 0 Å². The molecule has 1 aliphatic heterocycles. The molecular weight excluding hydrogens is 262 g/mol. The Kier molecular flexibility index (Phi) is 4.28. The second kappa shape index (κ2) is 5.68. The highest BCUT2D eigenvalue weighted by Gasteiger charge is 2.42. The van der Waals surface area contributed by atoms with Gasteiger partial charge in [0.1, 0.15) is 6.04 Å². The van der Waals surface area contributed by atoms with E-state index in [2.05, 4.69) is 56.2 Å². The van der Waals surface area contributed by atoms with Crippen molar-refractivity contribution < 1.29 is 4.79 Å². The Hall–Kier alpha value is -1.55. The second-order valence-corrected chi connectivity index (χ2v) is 6.73. The lowest BCUT2D eigenvalue weighted by Gasteiger charge is -2.51. The Morgan fingerprint density at radius 1 is 1.52 bits per heavy atom. The van der Waals surface area contributed by atoms with Gasteiger partial charge in [0.25, 0.3) is 5.91 Å². The molecule has 21 heavy (non-hydrogen) atoms. The number of nitrogens with two attached hydrogens (primary N) is 1. The van der Waals surface area contributed by atoms with Gasteiger partial charge in [0.05, 0.1) is 0 Å². The number of carbonyl (C=O) groups is 1. The maximum atomic E-state index is 12.3. The first-order valence-electron chi connectivity index (χ1n) is 7.72. The molecule has 0 aliphatic carbocycles. The quantitative estimate of drug-likeness (QED) is 0.511. The molecule has 0 saturated heterocycles. The van der Waals surface area contributed by atoms with E-state index in [4.69, 9.17) is 5.84 Å². The Morgan fingerprint density at radius 2 is 2.19 bits per heavy atom. The lowest BCUT2D eigenvalue weighted by molar-refractivity contribution is -0.122. The number of hydrazine groups is 1. The highest BCUT2D eigenvalue weighted by molar-refractivity contribution is 5.86. The van der Waals surface area contributed by atoms with Crippen LogP contribution in [0, 0.1) is 6.92 Å². The van der Waals surface area contributed by atoms with E-state index in [9.17, 15) is 4.79 Å². The SMILES string of the molecule is CCC(C(=O)NN)N1c2c(C)cccc2C(C)CC1(C)C. The van der Waals surface area contributed by atoms with Crippen LogP contribution in [0.2, 0.25) is 0 Å². The van der Waals surface area contributed by atoms with Gasteiger partial charge in [-0.1, -0.05) is 32.0 Å². The summed E-state index contributed by atoms with van der Waals surface area (Å²) in [6.45, 7) is 10.8. The van der Waals surface area contributed by atoms with Crippen molar-refractivity contribution in [3.05, 3.63) is 29.3 Å². The van der Waals surface area contributed by atoms with E-state index < -0.39 is 0 Å². The predicted molar refractivity (Wildman–Crippen MR) is 87.2 cm³/mol. The maximum Gasteiger partial charge on any atom is 0.256 e. The van der Waals surface area contributed by atoms with Gasteiger partial charge in [-0.05, 0) is 50.7 Å². The summed E-state index contributed by atoms with van der Waals surface area (Å²) in [5.41, 5.74) is 6.01. The number of fused-ring (bicyclic) bond motifs is 1. The Bertz CT molecular complexity index is 539. The normalized spacial score (nSPS) is 21.6. The third-order valence-corrected chi connectivity index (χ3v) is 4.64. The van der Waals surface area contributed by atoms with Gasteiger partial charge in [-0.25, -0.2) is 5.84 Å². The minimum atomic E-state index is -0.239. The molecule has 0 aromatic heterocycles. The van der Waals surface area contributed by atoms with Gasteiger partial charge in [0.2, 0.25) is 0 Å². The zero-order valence-corrected chi connectivity index (χ0v) is 13.7. The largest absolute Gasteiger partial charge is 0.354 e. The van der Waals surface area contributed by atoms with Crippen LogP contribution in [0.1, 0.15) is 57.6 Å². The number of benzene rings is 1. The summed E-state index contributed by atoms with van der Waals surface area (Å²) in [5, 5.41) is 0. The summed E-state index contributed by atoms with van der Waals surface area (Å²) in [7, 11) is 0. The molecular formula is C17H27N3O. The predicted octanol–water partition coefficient (Wildman–Crippen LogP) is 2.86. The van der Waals surface area contributed by atoms with Gasteiger partial charge in [-0.15, -0.1) is 0 Å². The molecule has 1 aromatic rings. The summed E-state index contributed by atoms with van der Waals surface area (Å²) >= 11 is 0. The number of hydrogen-bond donors (Lipinski definition) is 2. The zero-order valence-electron chi connectivity index (χ0n) is 13.7.